The van der Waals surface area contributed by atoms with E-state index in [1.165, 1.54) is 38.9 Å². The largest absolute Gasteiger partial charge is 0.330 e. The van der Waals surface area contributed by atoms with Crippen LogP contribution in [0, 0.1) is 5.41 Å². The first-order chi connectivity index (χ1) is 7.50. The molecule has 3 heteroatoms. The molecule has 0 aromatic carbocycles. The van der Waals surface area contributed by atoms with Crippen LogP contribution >= 0.6 is 0 Å². The molecule has 1 fully saturated rings. The van der Waals surface area contributed by atoms with Gasteiger partial charge in [-0.15, -0.1) is 0 Å². The molecule has 1 aliphatic rings. The predicted octanol–water partition coefficient (Wildman–Crippen LogP) is 1.39. The minimum atomic E-state index is 0.310. The molecular weight excluding hydrogens is 198 g/mol. The second kappa shape index (κ2) is 5.99. The van der Waals surface area contributed by atoms with E-state index in [1.807, 2.05) is 0 Å². The maximum atomic E-state index is 5.88. The van der Waals surface area contributed by atoms with Crippen molar-refractivity contribution in [3.63, 3.8) is 0 Å². The average Bonchev–Trinajstić information content (AvgIpc) is 2.29. The number of rotatable bonds is 5. The predicted molar refractivity (Wildman–Crippen MR) is 70.6 cm³/mol. The summed E-state index contributed by atoms with van der Waals surface area (Å²) < 4.78 is 0. The molecular formula is C13H29N3. The first kappa shape index (κ1) is 13.9. The van der Waals surface area contributed by atoms with Crippen LogP contribution in [-0.2, 0) is 0 Å². The maximum absolute atomic E-state index is 5.88. The topological polar surface area (TPSA) is 32.5 Å². The van der Waals surface area contributed by atoms with E-state index in [1.54, 1.807) is 0 Å². The van der Waals surface area contributed by atoms with E-state index in [4.69, 9.17) is 5.73 Å². The van der Waals surface area contributed by atoms with Crippen LogP contribution in [0.3, 0.4) is 0 Å². The van der Waals surface area contributed by atoms with Gasteiger partial charge in [0.2, 0.25) is 0 Å². The van der Waals surface area contributed by atoms with Gasteiger partial charge in [0, 0.05) is 12.6 Å². The van der Waals surface area contributed by atoms with Gasteiger partial charge in [0.15, 0.2) is 0 Å². The van der Waals surface area contributed by atoms with Crippen LogP contribution in [0.1, 0.15) is 33.1 Å². The van der Waals surface area contributed by atoms with Crippen molar-refractivity contribution in [3.05, 3.63) is 0 Å². The second-order valence-corrected chi connectivity index (χ2v) is 5.84. The van der Waals surface area contributed by atoms with Crippen LogP contribution in [0.15, 0.2) is 0 Å². The molecule has 0 saturated carbocycles. The molecule has 16 heavy (non-hydrogen) atoms. The van der Waals surface area contributed by atoms with Gasteiger partial charge in [-0.2, -0.15) is 0 Å². The Balaban J connectivity index is 2.37. The Labute approximate surface area is 101 Å². The van der Waals surface area contributed by atoms with Gasteiger partial charge in [-0.3, -0.25) is 0 Å². The van der Waals surface area contributed by atoms with Crippen LogP contribution in [0.25, 0.3) is 0 Å². The summed E-state index contributed by atoms with van der Waals surface area (Å²) in [6.45, 7) is 9.00. The average molecular weight is 227 g/mol. The van der Waals surface area contributed by atoms with Crippen molar-refractivity contribution in [1.82, 2.24) is 9.80 Å². The molecule has 0 aromatic rings. The van der Waals surface area contributed by atoms with Gasteiger partial charge in [-0.05, 0) is 58.4 Å². The summed E-state index contributed by atoms with van der Waals surface area (Å²) in [7, 11) is 4.38. The van der Waals surface area contributed by atoms with Crippen LogP contribution in [0.4, 0.5) is 0 Å². The summed E-state index contributed by atoms with van der Waals surface area (Å²) in [6, 6.07) is 0.780. The minimum absolute atomic E-state index is 0.310. The van der Waals surface area contributed by atoms with Crippen molar-refractivity contribution in [3.8, 4) is 0 Å². The molecule has 0 bridgehead atoms. The van der Waals surface area contributed by atoms with E-state index in [9.17, 15) is 0 Å². The number of hydrogen-bond acceptors (Lipinski definition) is 3. The van der Waals surface area contributed by atoms with Gasteiger partial charge in [-0.1, -0.05) is 13.8 Å². The lowest BCUT2D eigenvalue weighted by Crippen LogP contribution is -2.47. The fraction of sp³-hybridized carbons (Fsp3) is 1.00. The van der Waals surface area contributed by atoms with Crippen LogP contribution in [-0.4, -0.2) is 56.1 Å². The van der Waals surface area contributed by atoms with Gasteiger partial charge in [0.05, 0.1) is 0 Å². The number of hydrogen-bond donors (Lipinski definition) is 1. The first-order valence-corrected chi connectivity index (χ1v) is 6.59. The number of piperidine rings is 1. The highest BCUT2D eigenvalue weighted by Gasteiger charge is 2.27. The summed E-state index contributed by atoms with van der Waals surface area (Å²) in [4.78, 5) is 4.95. The monoisotopic (exact) mass is 227 g/mol. The molecule has 2 N–H and O–H groups in total. The lowest BCUT2D eigenvalue weighted by atomic mass is 9.86. The van der Waals surface area contributed by atoms with E-state index in [-0.39, 0.29) is 0 Å². The molecule has 0 aliphatic carbocycles. The zero-order chi connectivity index (χ0) is 12.2. The summed E-state index contributed by atoms with van der Waals surface area (Å²) in [5.74, 6) is 0. The smallest absolute Gasteiger partial charge is 0.0113 e. The zero-order valence-electron chi connectivity index (χ0n) is 11.5. The van der Waals surface area contributed by atoms with Crippen LogP contribution < -0.4 is 5.73 Å². The van der Waals surface area contributed by atoms with Crippen molar-refractivity contribution in [1.29, 1.82) is 0 Å². The molecule has 1 unspecified atom stereocenters. The van der Waals surface area contributed by atoms with Gasteiger partial charge in [-0.25, -0.2) is 0 Å². The summed E-state index contributed by atoms with van der Waals surface area (Å²) in [5.41, 5.74) is 6.19. The normalized spacial score (nSPS) is 23.6. The van der Waals surface area contributed by atoms with Crippen LogP contribution in [0.2, 0.25) is 0 Å². The fourth-order valence-corrected chi connectivity index (χ4v) is 2.45. The van der Waals surface area contributed by atoms with E-state index in [0.29, 0.717) is 5.41 Å². The molecule has 1 heterocycles. The van der Waals surface area contributed by atoms with Gasteiger partial charge in [0.1, 0.15) is 0 Å². The third-order valence-electron chi connectivity index (χ3n) is 4.24. The van der Waals surface area contributed by atoms with E-state index >= 15 is 0 Å². The Morgan fingerprint density at radius 2 is 1.88 bits per heavy atom. The van der Waals surface area contributed by atoms with Gasteiger partial charge >= 0.3 is 0 Å². The molecule has 96 valence electrons. The molecule has 0 aromatic heterocycles. The van der Waals surface area contributed by atoms with Crippen molar-refractivity contribution in [2.24, 2.45) is 11.1 Å². The molecule has 1 aliphatic heterocycles. The Morgan fingerprint density at radius 1 is 1.31 bits per heavy atom. The van der Waals surface area contributed by atoms with Crippen molar-refractivity contribution in [2.75, 3.05) is 40.3 Å². The Bertz CT molecular complexity index is 191. The molecule has 0 spiro atoms. The first-order valence-electron chi connectivity index (χ1n) is 6.59. The third kappa shape index (κ3) is 3.72. The standard InChI is InChI=1S/C13H29N3/c1-5-13(2,10-14)11-16-8-6-12(7-9-16)15(3)4/h12H,5-11,14H2,1-4H3. The SMILES string of the molecule is CCC(C)(CN)CN1CCC(N(C)C)CC1. The fourth-order valence-electron chi connectivity index (χ4n) is 2.45. The Hall–Kier alpha value is -0.120. The third-order valence-corrected chi connectivity index (χ3v) is 4.24. The summed E-state index contributed by atoms with van der Waals surface area (Å²) in [5, 5.41) is 0. The number of nitrogens with zero attached hydrogens (tertiary/aromatic N) is 2. The highest BCUT2D eigenvalue weighted by atomic mass is 15.2. The van der Waals surface area contributed by atoms with Gasteiger partial charge in [0.25, 0.3) is 0 Å². The lowest BCUT2D eigenvalue weighted by Gasteiger charge is -2.39. The highest BCUT2D eigenvalue weighted by Crippen LogP contribution is 2.23. The minimum Gasteiger partial charge on any atom is -0.330 e. The van der Waals surface area contributed by atoms with E-state index in [0.717, 1.165) is 12.6 Å². The van der Waals surface area contributed by atoms with E-state index in [2.05, 4.69) is 37.7 Å². The molecule has 1 atom stereocenters. The quantitative estimate of drug-likeness (QED) is 0.770. The molecule has 0 radical (unpaired) electrons. The lowest BCUT2D eigenvalue weighted by molar-refractivity contribution is 0.102. The number of nitrogens with two attached hydrogens (primary N) is 1. The van der Waals surface area contributed by atoms with Gasteiger partial charge < -0.3 is 15.5 Å². The highest BCUT2D eigenvalue weighted by molar-refractivity contribution is 4.83. The summed E-state index contributed by atoms with van der Waals surface area (Å²) >= 11 is 0. The maximum Gasteiger partial charge on any atom is 0.0113 e. The molecule has 1 rings (SSSR count). The zero-order valence-corrected chi connectivity index (χ0v) is 11.5. The second-order valence-electron chi connectivity index (χ2n) is 5.84. The van der Waals surface area contributed by atoms with Crippen molar-refractivity contribution >= 4 is 0 Å². The number of likely N-dealkylation sites (tertiary alicyclic amines) is 1. The Kier molecular flexibility index (Phi) is 5.22. The summed E-state index contributed by atoms with van der Waals surface area (Å²) in [6.07, 6.45) is 3.78. The Morgan fingerprint density at radius 3 is 2.25 bits per heavy atom. The van der Waals surface area contributed by atoms with Crippen molar-refractivity contribution in [2.45, 2.75) is 39.2 Å². The molecule has 1 saturated heterocycles. The van der Waals surface area contributed by atoms with E-state index < -0.39 is 0 Å². The molecule has 0 amide bonds. The van der Waals surface area contributed by atoms with Crippen molar-refractivity contribution < 1.29 is 0 Å². The van der Waals surface area contributed by atoms with Crippen LogP contribution in [0.5, 0.6) is 0 Å². The molecule has 3 nitrogen and oxygen atoms in total.